The van der Waals surface area contributed by atoms with E-state index >= 15 is 0 Å². The first-order valence-corrected chi connectivity index (χ1v) is 5.87. The minimum absolute atomic E-state index is 0.203. The summed E-state index contributed by atoms with van der Waals surface area (Å²) >= 11 is 0. The van der Waals surface area contributed by atoms with E-state index in [2.05, 4.69) is 64.1 Å². The third kappa shape index (κ3) is 1.97. The minimum Gasteiger partial charge on any atom is -0.269 e. The fourth-order valence-electron chi connectivity index (χ4n) is 1.78. The molecule has 0 aliphatic rings. The highest BCUT2D eigenvalue weighted by Crippen LogP contribution is 2.26. The first-order chi connectivity index (χ1) is 7.38. The molecule has 16 heavy (non-hydrogen) atoms. The van der Waals surface area contributed by atoms with Crippen molar-refractivity contribution in [1.29, 1.82) is 0 Å². The van der Waals surface area contributed by atoms with Crippen molar-refractivity contribution in [2.45, 2.75) is 46.1 Å². The van der Waals surface area contributed by atoms with Crippen molar-refractivity contribution in [3.05, 3.63) is 30.0 Å². The summed E-state index contributed by atoms with van der Waals surface area (Å²) in [6.07, 6.45) is 2.13. The van der Waals surface area contributed by atoms with Crippen LogP contribution < -0.4 is 0 Å². The summed E-state index contributed by atoms with van der Waals surface area (Å²) in [5.74, 6) is 0. The van der Waals surface area contributed by atoms with Gasteiger partial charge in [0.2, 0.25) is 0 Å². The highest BCUT2D eigenvalue weighted by molar-refractivity contribution is 5.79. The average Bonchev–Trinajstić information content (AvgIpc) is 2.58. The van der Waals surface area contributed by atoms with Crippen molar-refractivity contribution >= 4 is 10.9 Å². The molecule has 0 bridgehead atoms. The summed E-state index contributed by atoms with van der Waals surface area (Å²) in [6.45, 7) is 11.0. The zero-order chi connectivity index (χ0) is 11.9. The van der Waals surface area contributed by atoms with Gasteiger partial charge in [-0.05, 0) is 37.0 Å². The molecule has 1 aromatic heterocycles. The maximum atomic E-state index is 4.55. The lowest BCUT2D eigenvalue weighted by Gasteiger charge is -2.18. The van der Waals surface area contributed by atoms with E-state index in [1.807, 2.05) is 4.68 Å². The Morgan fingerprint density at radius 2 is 1.88 bits per heavy atom. The Balaban J connectivity index is 2.54. The number of fused-ring (bicyclic) bond motifs is 1. The molecule has 86 valence electrons. The van der Waals surface area contributed by atoms with E-state index in [-0.39, 0.29) is 5.41 Å². The molecule has 0 aliphatic heterocycles. The number of rotatable bonds is 1. The zero-order valence-electron chi connectivity index (χ0n) is 10.8. The monoisotopic (exact) mass is 216 g/mol. The lowest BCUT2D eigenvalue weighted by Crippen LogP contribution is -2.10. The standard InChI is InChI=1S/C14H20N2/c1-10(2)16-9-11-8-12(14(3,4)5)6-7-13(11)15-16/h6-10H,1-5H3. The van der Waals surface area contributed by atoms with Crippen LogP contribution in [0.2, 0.25) is 0 Å². The van der Waals surface area contributed by atoms with Gasteiger partial charge in [0.1, 0.15) is 0 Å². The molecule has 2 nitrogen and oxygen atoms in total. The van der Waals surface area contributed by atoms with Gasteiger partial charge in [0.25, 0.3) is 0 Å². The smallest absolute Gasteiger partial charge is 0.0923 e. The van der Waals surface area contributed by atoms with Gasteiger partial charge >= 0.3 is 0 Å². The molecule has 0 fully saturated rings. The van der Waals surface area contributed by atoms with Crippen molar-refractivity contribution in [1.82, 2.24) is 9.78 Å². The third-order valence-electron chi connectivity index (χ3n) is 2.92. The van der Waals surface area contributed by atoms with Crippen LogP contribution in [-0.4, -0.2) is 9.78 Å². The molecule has 1 aromatic carbocycles. The molecule has 0 saturated carbocycles. The molecule has 2 heteroatoms. The molecule has 0 unspecified atom stereocenters. The predicted molar refractivity (Wildman–Crippen MR) is 68.8 cm³/mol. The Labute approximate surface area is 97.3 Å². The second-order valence-electron chi connectivity index (χ2n) is 5.73. The Morgan fingerprint density at radius 3 is 2.44 bits per heavy atom. The molecule has 0 N–H and O–H groups in total. The van der Waals surface area contributed by atoms with Crippen molar-refractivity contribution in [3.63, 3.8) is 0 Å². The van der Waals surface area contributed by atoms with E-state index in [1.54, 1.807) is 0 Å². The van der Waals surface area contributed by atoms with Gasteiger partial charge < -0.3 is 0 Å². The molecule has 2 rings (SSSR count). The Morgan fingerprint density at radius 1 is 1.19 bits per heavy atom. The molecule has 1 heterocycles. The SMILES string of the molecule is CC(C)n1cc2cc(C(C)(C)C)ccc2n1. The van der Waals surface area contributed by atoms with E-state index in [0.29, 0.717) is 6.04 Å². The van der Waals surface area contributed by atoms with Crippen molar-refractivity contribution in [2.24, 2.45) is 0 Å². The van der Waals surface area contributed by atoms with Crippen LogP contribution in [0.1, 0.15) is 46.2 Å². The Kier molecular flexibility index (Phi) is 2.53. The van der Waals surface area contributed by atoms with Crippen LogP contribution >= 0.6 is 0 Å². The van der Waals surface area contributed by atoms with E-state index in [1.165, 1.54) is 10.9 Å². The van der Waals surface area contributed by atoms with Gasteiger partial charge in [0.15, 0.2) is 0 Å². The molecular formula is C14H20N2. The molecule has 0 saturated heterocycles. The highest BCUT2D eigenvalue weighted by atomic mass is 15.3. The maximum Gasteiger partial charge on any atom is 0.0923 e. The van der Waals surface area contributed by atoms with Crippen LogP contribution in [0.3, 0.4) is 0 Å². The van der Waals surface area contributed by atoms with E-state index in [4.69, 9.17) is 0 Å². The van der Waals surface area contributed by atoms with Crippen LogP contribution in [0.15, 0.2) is 24.4 Å². The second-order valence-corrected chi connectivity index (χ2v) is 5.73. The first kappa shape index (κ1) is 11.2. The maximum absolute atomic E-state index is 4.55. The molecule has 0 atom stereocenters. The van der Waals surface area contributed by atoms with E-state index in [9.17, 15) is 0 Å². The molecule has 0 spiro atoms. The number of aromatic nitrogens is 2. The first-order valence-electron chi connectivity index (χ1n) is 5.87. The number of hydrogen-bond donors (Lipinski definition) is 0. The van der Waals surface area contributed by atoms with Crippen LogP contribution in [0.5, 0.6) is 0 Å². The fourth-order valence-corrected chi connectivity index (χ4v) is 1.78. The summed E-state index contributed by atoms with van der Waals surface area (Å²) in [4.78, 5) is 0. The van der Waals surface area contributed by atoms with Gasteiger partial charge in [0, 0.05) is 17.6 Å². The van der Waals surface area contributed by atoms with Gasteiger partial charge in [-0.15, -0.1) is 0 Å². The van der Waals surface area contributed by atoms with Crippen LogP contribution in [0.25, 0.3) is 10.9 Å². The van der Waals surface area contributed by atoms with Crippen molar-refractivity contribution in [3.8, 4) is 0 Å². The highest BCUT2D eigenvalue weighted by Gasteiger charge is 2.14. The molecule has 0 amide bonds. The topological polar surface area (TPSA) is 17.8 Å². The summed E-state index contributed by atoms with van der Waals surface area (Å²) in [5.41, 5.74) is 2.65. The summed E-state index contributed by atoms with van der Waals surface area (Å²) in [6, 6.07) is 6.97. The summed E-state index contributed by atoms with van der Waals surface area (Å²) in [7, 11) is 0. The van der Waals surface area contributed by atoms with Gasteiger partial charge in [-0.25, -0.2) is 0 Å². The number of hydrogen-bond acceptors (Lipinski definition) is 1. The largest absolute Gasteiger partial charge is 0.269 e. The molecular weight excluding hydrogens is 196 g/mol. The van der Waals surface area contributed by atoms with Crippen LogP contribution in [0.4, 0.5) is 0 Å². The van der Waals surface area contributed by atoms with Crippen molar-refractivity contribution < 1.29 is 0 Å². The minimum atomic E-state index is 0.203. The predicted octanol–water partition coefficient (Wildman–Crippen LogP) is 3.91. The van der Waals surface area contributed by atoms with Gasteiger partial charge in [-0.3, -0.25) is 4.68 Å². The Bertz CT molecular complexity index is 501. The van der Waals surface area contributed by atoms with Crippen LogP contribution in [-0.2, 0) is 5.41 Å². The van der Waals surface area contributed by atoms with Gasteiger partial charge in [-0.1, -0.05) is 26.8 Å². The number of nitrogens with zero attached hydrogens (tertiary/aromatic N) is 2. The zero-order valence-corrected chi connectivity index (χ0v) is 10.8. The van der Waals surface area contributed by atoms with Crippen molar-refractivity contribution in [2.75, 3.05) is 0 Å². The lowest BCUT2D eigenvalue weighted by molar-refractivity contribution is 0.537. The number of benzene rings is 1. The normalized spacial score (nSPS) is 12.6. The second kappa shape index (κ2) is 3.62. The Hall–Kier alpha value is -1.31. The lowest BCUT2D eigenvalue weighted by atomic mass is 9.86. The molecule has 0 aliphatic carbocycles. The van der Waals surface area contributed by atoms with Gasteiger partial charge in [-0.2, -0.15) is 5.10 Å². The van der Waals surface area contributed by atoms with E-state index < -0.39 is 0 Å². The molecule has 2 aromatic rings. The fraction of sp³-hybridized carbons (Fsp3) is 0.500. The van der Waals surface area contributed by atoms with E-state index in [0.717, 1.165) is 5.52 Å². The third-order valence-corrected chi connectivity index (χ3v) is 2.92. The average molecular weight is 216 g/mol. The summed E-state index contributed by atoms with van der Waals surface area (Å²) in [5, 5.41) is 5.79. The van der Waals surface area contributed by atoms with Gasteiger partial charge in [0.05, 0.1) is 5.52 Å². The summed E-state index contributed by atoms with van der Waals surface area (Å²) < 4.78 is 2.02. The quantitative estimate of drug-likeness (QED) is 0.706. The molecule has 0 radical (unpaired) electrons. The van der Waals surface area contributed by atoms with Crippen LogP contribution in [0, 0.1) is 0 Å².